The van der Waals surface area contributed by atoms with E-state index in [-0.39, 0.29) is 13.1 Å². The van der Waals surface area contributed by atoms with E-state index in [9.17, 15) is 21.6 Å². The third-order valence-electron chi connectivity index (χ3n) is 2.89. The molecular formula is C12H17F3N2O2S. The molecule has 0 bridgehead atoms. The fourth-order valence-electron chi connectivity index (χ4n) is 1.63. The first-order valence-corrected chi connectivity index (χ1v) is 7.27. The summed E-state index contributed by atoms with van der Waals surface area (Å²) in [7, 11) is -3.03. The number of benzene rings is 1. The van der Waals surface area contributed by atoms with Crippen molar-refractivity contribution in [1.29, 1.82) is 0 Å². The Morgan fingerprint density at radius 1 is 1.20 bits per heavy atom. The average Bonchev–Trinajstić information content (AvgIpc) is 2.35. The smallest absolute Gasteiger partial charge is 0.245 e. The molecule has 8 heteroatoms. The molecule has 0 unspecified atom stereocenters. The van der Waals surface area contributed by atoms with Crippen molar-refractivity contribution in [2.45, 2.75) is 18.7 Å². The van der Waals surface area contributed by atoms with E-state index < -0.39 is 37.8 Å². The van der Waals surface area contributed by atoms with Crippen LogP contribution in [0, 0.1) is 22.9 Å². The van der Waals surface area contributed by atoms with Gasteiger partial charge < -0.3 is 5.73 Å². The molecular weight excluding hydrogens is 293 g/mol. The topological polar surface area (TPSA) is 63.4 Å². The maximum absolute atomic E-state index is 13.6. The van der Waals surface area contributed by atoms with Gasteiger partial charge in [0, 0.05) is 13.6 Å². The molecule has 0 saturated carbocycles. The molecule has 1 rings (SSSR count). The molecule has 0 spiro atoms. The van der Waals surface area contributed by atoms with Crippen LogP contribution >= 0.6 is 0 Å². The van der Waals surface area contributed by atoms with E-state index in [0.29, 0.717) is 12.1 Å². The van der Waals surface area contributed by atoms with Crippen LogP contribution < -0.4 is 5.73 Å². The Bertz CT molecular complexity index is 603. The van der Waals surface area contributed by atoms with Gasteiger partial charge in [0.15, 0.2) is 17.5 Å². The molecule has 20 heavy (non-hydrogen) atoms. The summed E-state index contributed by atoms with van der Waals surface area (Å²) in [5, 5.41) is 0. The number of halogens is 3. The van der Waals surface area contributed by atoms with Gasteiger partial charge in [0.2, 0.25) is 10.0 Å². The summed E-state index contributed by atoms with van der Waals surface area (Å²) >= 11 is 0. The minimum atomic E-state index is -4.26. The number of hydrogen-bond donors (Lipinski definition) is 1. The molecule has 0 radical (unpaired) electrons. The second-order valence-corrected chi connectivity index (χ2v) is 7.32. The first kappa shape index (κ1) is 16.9. The Morgan fingerprint density at radius 3 is 2.25 bits per heavy atom. The van der Waals surface area contributed by atoms with E-state index in [1.54, 1.807) is 13.8 Å². The van der Waals surface area contributed by atoms with E-state index in [4.69, 9.17) is 5.73 Å². The van der Waals surface area contributed by atoms with Crippen molar-refractivity contribution < 1.29 is 21.6 Å². The monoisotopic (exact) mass is 310 g/mol. The second kappa shape index (κ2) is 5.71. The summed E-state index contributed by atoms with van der Waals surface area (Å²) in [4.78, 5) is -0.897. The molecule has 0 amide bonds. The van der Waals surface area contributed by atoms with Gasteiger partial charge in [0.05, 0.1) is 0 Å². The molecule has 2 N–H and O–H groups in total. The maximum Gasteiger partial charge on any atom is 0.245 e. The van der Waals surface area contributed by atoms with Crippen LogP contribution in [0.4, 0.5) is 13.2 Å². The number of sulfonamides is 1. The second-order valence-electron chi connectivity index (χ2n) is 5.30. The third kappa shape index (κ3) is 3.31. The fraction of sp³-hybridized carbons (Fsp3) is 0.500. The van der Waals surface area contributed by atoms with Crippen LogP contribution in [-0.4, -0.2) is 32.9 Å². The SMILES string of the molecule is CN(CC(C)(C)CN)S(=O)(=O)c1ccc(F)c(F)c1F. The molecule has 1 aromatic rings. The molecule has 0 aliphatic rings. The van der Waals surface area contributed by atoms with Gasteiger partial charge in [-0.15, -0.1) is 0 Å². The largest absolute Gasteiger partial charge is 0.330 e. The average molecular weight is 310 g/mol. The third-order valence-corrected chi connectivity index (χ3v) is 4.71. The Labute approximate surface area is 116 Å². The highest BCUT2D eigenvalue weighted by Crippen LogP contribution is 2.24. The Kier molecular flexibility index (Phi) is 4.83. The van der Waals surface area contributed by atoms with E-state index in [1.807, 2.05) is 0 Å². The van der Waals surface area contributed by atoms with Gasteiger partial charge in [0.25, 0.3) is 0 Å². The summed E-state index contributed by atoms with van der Waals surface area (Å²) in [6, 6.07) is 1.28. The van der Waals surface area contributed by atoms with Gasteiger partial charge in [-0.2, -0.15) is 0 Å². The standard InChI is InChI=1S/C12H17F3N2O2S/c1-12(2,6-16)7-17(3)20(18,19)9-5-4-8(13)10(14)11(9)15/h4-5H,6-7,16H2,1-3H3. The van der Waals surface area contributed by atoms with Crippen molar-refractivity contribution in [3.8, 4) is 0 Å². The van der Waals surface area contributed by atoms with Crippen LogP contribution in [0.3, 0.4) is 0 Å². The van der Waals surface area contributed by atoms with E-state index in [1.165, 1.54) is 7.05 Å². The summed E-state index contributed by atoms with van der Waals surface area (Å²) in [5.41, 5.74) is 4.97. The predicted molar refractivity (Wildman–Crippen MR) is 69.0 cm³/mol. The lowest BCUT2D eigenvalue weighted by atomic mass is 9.94. The number of nitrogens with zero attached hydrogens (tertiary/aromatic N) is 1. The van der Waals surface area contributed by atoms with Crippen LogP contribution in [0.15, 0.2) is 17.0 Å². The van der Waals surface area contributed by atoms with Gasteiger partial charge >= 0.3 is 0 Å². The number of rotatable bonds is 5. The highest BCUT2D eigenvalue weighted by Gasteiger charge is 2.31. The summed E-state index contributed by atoms with van der Waals surface area (Å²) in [5.74, 6) is -4.97. The molecule has 0 heterocycles. The molecule has 0 fully saturated rings. The fourth-order valence-corrected chi connectivity index (χ4v) is 3.04. The van der Waals surface area contributed by atoms with Crippen molar-refractivity contribution in [2.24, 2.45) is 11.1 Å². The minimum Gasteiger partial charge on any atom is -0.330 e. The summed E-state index contributed by atoms with van der Waals surface area (Å²) in [6.45, 7) is 3.71. The Morgan fingerprint density at radius 2 is 1.75 bits per heavy atom. The van der Waals surface area contributed by atoms with Gasteiger partial charge in [0.1, 0.15) is 4.90 Å². The lowest BCUT2D eigenvalue weighted by Gasteiger charge is -2.28. The molecule has 0 atom stereocenters. The lowest BCUT2D eigenvalue weighted by Crippen LogP contribution is -2.40. The normalized spacial score (nSPS) is 13.0. The molecule has 0 aromatic heterocycles. The van der Waals surface area contributed by atoms with E-state index >= 15 is 0 Å². The van der Waals surface area contributed by atoms with Gasteiger partial charge in [-0.3, -0.25) is 0 Å². The first-order chi connectivity index (χ1) is 9.03. The molecule has 0 aliphatic heterocycles. The van der Waals surface area contributed by atoms with Gasteiger partial charge in [-0.1, -0.05) is 13.8 Å². The maximum atomic E-state index is 13.6. The number of hydrogen-bond acceptors (Lipinski definition) is 3. The lowest BCUT2D eigenvalue weighted by molar-refractivity contribution is 0.291. The van der Waals surface area contributed by atoms with Gasteiger partial charge in [-0.05, 0) is 24.1 Å². The highest BCUT2D eigenvalue weighted by molar-refractivity contribution is 7.89. The highest BCUT2D eigenvalue weighted by atomic mass is 32.2. The summed E-state index contributed by atoms with van der Waals surface area (Å²) in [6.07, 6.45) is 0. The Hall–Kier alpha value is -1.12. The van der Waals surface area contributed by atoms with E-state index in [0.717, 1.165) is 4.31 Å². The van der Waals surface area contributed by atoms with Crippen LogP contribution in [0.25, 0.3) is 0 Å². The van der Waals surface area contributed by atoms with Crippen LogP contribution in [0.1, 0.15) is 13.8 Å². The van der Waals surface area contributed by atoms with E-state index in [2.05, 4.69) is 0 Å². The minimum absolute atomic E-state index is 0.0181. The molecule has 114 valence electrons. The van der Waals surface area contributed by atoms with Gasteiger partial charge in [-0.25, -0.2) is 25.9 Å². The zero-order chi connectivity index (χ0) is 15.7. The molecule has 1 aromatic carbocycles. The van der Waals surface area contributed by atoms with Crippen molar-refractivity contribution in [2.75, 3.05) is 20.1 Å². The number of nitrogens with two attached hydrogens (primary N) is 1. The zero-order valence-corrected chi connectivity index (χ0v) is 12.3. The molecule has 4 nitrogen and oxygen atoms in total. The van der Waals surface area contributed by atoms with Crippen LogP contribution in [0.5, 0.6) is 0 Å². The van der Waals surface area contributed by atoms with Crippen molar-refractivity contribution in [3.05, 3.63) is 29.6 Å². The first-order valence-electron chi connectivity index (χ1n) is 5.83. The van der Waals surface area contributed by atoms with Crippen LogP contribution in [-0.2, 0) is 10.0 Å². The molecule has 0 saturated heterocycles. The zero-order valence-electron chi connectivity index (χ0n) is 11.5. The van der Waals surface area contributed by atoms with Crippen molar-refractivity contribution >= 4 is 10.0 Å². The molecule has 0 aliphatic carbocycles. The van der Waals surface area contributed by atoms with Crippen LogP contribution in [0.2, 0.25) is 0 Å². The quantitative estimate of drug-likeness (QED) is 0.842. The van der Waals surface area contributed by atoms with Crippen molar-refractivity contribution in [3.63, 3.8) is 0 Å². The Balaban J connectivity index is 3.21. The van der Waals surface area contributed by atoms with Crippen molar-refractivity contribution in [1.82, 2.24) is 4.31 Å². The summed E-state index contributed by atoms with van der Waals surface area (Å²) < 4.78 is 64.8. The predicted octanol–water partition coefficient (Wildman–Crippen LogP) is 1.71.